The fourth-order valence-corrected chi connectivity index (χ4v) is 1.68. The van der Waals surface area contributed by atoms with E-state index in [-0.39, 0.29) is 5.82 Å². The Kier molecular flexibility index (Phi) is 7.37. The Bertz CT molecular complexity index is 345. The van der Waals surface area contributed by atoms with Gasteiger partial charge in [0.2, 0.25) is 0 Å². The normalized spacial score (nSPS) is 10.6. The van der Waals surface area contributed by atoms with E-state index in [1.165, 1.54) is 0 Å². The van der Waals surface area contributed by atoms with Gasteiger partial charge in [0.1, 0.15) is 0 Å². The average molecular weight is 254 g/mol. The van der Waals surface area contributed by atoms with Gasteiger partial charge >= 0.3 is 0 Å². The molecule has 102 valence electrons. The Balaban J connectivity index is 2.28. The van der Waals surface area contributed by atoms with Crippen LogP contribution in [0.2, 0.25) is 0 Å². The SMILES string of the molecule is CCNCCNCCc1ccc(OCC)c(F)c1. The fourth-order valence-electron chi connectivity index (χ4n) is 1.68. The molecule has 0 aromatic heterocycles. The van der Waals surface area contributed by atoms with Gasteiger partial charge in [-0.15, -0.1) is 0 Å². The van der Waals surface area contributed by atoms with Gasteiger partial charge < -0.3 is 15.4 Å². The van der Waals surface area contributed by atoms with Gasteiger partial charge in [0, 0.05) is 13.1 Å². The zero-order chi connectivity index (χ0) is 13.2. The maximum absolute atomic E-state index is 13.6. The standard InChI is InChI=1S/C14H23FN2O/c1-3-16-9-10-17-8-7-12-5-6-14(18-4-2)13(15)11-12/h5-6,11,16-17H,3-4,7-10H2,1-2H3. The molecule has 0 unspecified atom stereocenters. The number of halogens is 1. The van der Waals surface area contributed by atoms with Crippen molar-refractivity contribution in [1.82, 2.24) is 10.6 Å². The topological polar surface area (TPSA) is 33.3 Å². The molecule has 4 heteroatoms. The lowest BCUT2D eigenvalue weighted by Gasteiger charge is -2.08. The summed E-state index contributed by atoms with van der Waals surface area (Å²) < 4.78 is 18.7. The molecule has 18 heavy (non-hydrogen) atoms. The highest BCUT2D eigenvalue weighted by molar-refractivity contribution is 5.29. The van der Waals surface area contributed by atoms with Crippen LogP contribution in [-0.4, -0.2) is 32.8 Å². The van der Waals surface area contributed by atoms with E-state index in [0.29, 0.717) is 12.4 Å². The van der Waals surface area contributed by atoms with Crippen molar-refractivity contribution in [3.8, 4) is 5.75 Å². The predicted octanol–water partition coefficient (Wildman–Crippen LogP) is 1.97. The number of benzene rings is 1. The molecule has 0 aliphatic rings. The van der Waals surface area contributed by atoms with Crippen molar-refractivity contribution >= 4 is 0 Å². The minimum atomic E-state index is -0.276. The van der Waals surface area contributed by atoms with Gasteiger partial charge in [-0.2, -0.15) is 0 Å². The summed E-state index contributed by atoms with van der Waals surface area (Å²) in [6.45, 7) is 8.18. The van der Waals surface area contributed by atoms with Gasteiger partial charge in [-0.3, -0.25) is 0 Å². The Labute approximate surface area is 109 Å². The number of likely N-dealkylation sites (N-methyl/N-ethyl adjacent to an activating group) is 1. The average Bonchev–Trinajstić information content (AvgIpc) is 2.37. The van der Waals surface area contributed by atoms with Crippen LogP contribution in [0, 0.1) is 5.82 Å². The number of ether oxygens (including phenoxy) is 1. The van der Waals surface area contributed by atoms with E-state index in [4.69, 9.17) is 4.74 Å². The summed E-state index contributed by atoms with van der Waals surface area (Å²) in [4.78, 5) is 0. The second-order valence-electron chi connectivity index (χ2n) is 4.05. The Hall–Kier alpha value is -1.13. The highest BCUT2D eigenvalue weighted by Crippen LogP contribution is 2.18. The molecule has 1 aromatic carbocycles. The van der Waals surface area contributed by atoms with Gasteiger partial charge in [0.15, 0.2) is 11.6 Å². The minimum Gasteiger partial charge on any atom is -0.491 e. The molecule has 0 bridgehead atoms. The second-order valence-corrected chi connectivity index (χ2v) is 4.05. The number of nitrogens with one attached hydrogen (secondary N) is 2. The third-order valence-electron chi connectivity index (χ3n) is 2.62. The molecule has 0 radical (unpaired) electrons. The molecule has 0 aliphatic heterocycles. The first kappa shape index (κ1) is 14.9. The Morgan fingerprint density at radius 1 is 1.11 bits per heavy atom. The number of rotatable bonds is 9. The van der Waals surface area contributed by atoms with E-state index in [0.717, 1.165) is 38.2 Å². The first-order chi connectivity index (χ1) is 8.77. The predicted molar refractivity (Wildman–Crippen MR) is 72.7 cm³/mol. The summed E-state index contributed by atoms with van der Waals surface area (Å²) in [6.07, 6.45) is 0.829. The molecule has 0 heterocycles. The molecule has 0 aliphatic carbocycles. The first-order valence-corrected chi connectivity index (χ1v) is 6.60. The van der Waals surface area contributed by atoms with E-state index >= 15 is 0 Å². The van der Waals surface area contributed by atoms with Gasteiger partial charge in [0.25, 0.3) is 0 Å². The van der Waals surface area contributed by atoms with Crippen molar-refractivity contribution in [2.75, 3.05) is 32.8 Å². The highest BCUT2D eigenvalue weighted by atomic mass is 19.1. The van der Waals surface area contributed by atoms with Crippen LogP contribution >= 0.6 is 0 Å². The highest BCUT2D eigenvalue weighted by Gasteiger charge is 2.03. The summed E-state index contributed by atoms with van der Waals surface area (Å²) in [6, 6.07) is 5.17. The van der Waals surface area contributed by atoms with Crippen LogP contribution in [0.1, 0.15) is 19.4 Å². The molecule has 0 saturated carbocycles. The van der Waals surface area contributed by atoms with Crippen LogP contribution in [0.25, 0.3) is 0 Å². The van der Waals surface area contributed by atoms with Gasteiger partial charge in [0.05, 0.1) is 6.61 Å². The molecule has 1 rings (SSSR count). The smallest absolute Gasteiger partial charge is 0.165 e. The largest absolute Gasteiger partial charge is 0.491 e. The maximum Gasteiger partial charge on any atom is 0.165 e. The molecule has 0 spiro atoms. The van der Waals surface area contributed by atoms with Gasteiger partial charge in [-0.25, -0.2) is 4.39 Å². The van der Waals surface area contributed by atoms with Crippen molar-refractivity contribution in [2.24, 2.45) is 0 Å². The number of hydrogen-bond acceptors (Lipinski definition) is 3. The maximum atomic E-state index is 13.6. The Morgan fingerprint density at radius 2 is 1.89 bits per heavy atom. The van der Waals surface area contributed by atoms with Gasteiger partial charge in [-0.05, 0) is 44.1 Å². The molecule has 3 nitrogen and oxygen atoms in total. The molecule has 0 saturated heterocycles. The van der Waals surface area contributed by atoms with Crippen molar-refractivity contribution in [3.05, 3.63) is 29.6 Å². The third kappa shape index (κ3) is 5.47. The van der Waals surface area contributed by atoms with Crippen molar-refractivity contribution in [2.45, 2.75) is 20.3 Å². The fraction of sp³-hybridized carbons (Fsp3) is 0.571. The zero-order valence-electron chi connectivity index (χ0n) is 11.3. The van der Waals surface area contributed by atoms with E-state index < -0.39 is 0 Å². The lowest BCUT2D eigenvalue weighted by molar-refractivity contribution is 0.321. The molecule has 0 amide bonds. The molecular weight excluding hydrogens is 231 g/mol. The summed E-state index contributed by atoms with van der Waals surface area (Å²) in [5.74, 6) is 0.0587. The van der Waals surface area contributed by atoms with Crippen LogP contribution in [0.3, 0.4) is 0 Å². The molecule has 0 fully saturated rings. The quantitative estimate of drug-likeness (QED) is 0.661. The summed E-state index contributed by atoms with van der Waals surface area (Å²) >= 11 is 0. The van der Waals surface area contributed by atoms with Crippen LogP contribution < -0.4 is 15.4 Å². The van der Waals surface area contributed by atoms with Crippen molar-refractivity contribution in [1.29, 1.82) is 0 Å². The Morgan fingerprint density at radius 3 is 2.56 bits per heavy atom. The lowest BCUT2D eigenvalue weighted by Crippen LogP contribution is -2.28. The first-order valence-electron chi connectivity index (χ1n) is 6.60. The lowest BCUT2D eigenvalue weighted by atomic mass is 10.1. The van der Waals surface area contributed by atoms with E-state index in [1.807, 2.05) is 13.0 Å². The van der Waals surface area contributed by atoms with Crippen molar-refractivity contribution < 1.29 is 9.13 Å². The van der Waals surface area contributed by atoms with Crippen LogP contribution in [0.4, 0.5) is 4.39 Å². The van der Waals surface area contributed by atoms with E-state index in [9.17, 15) is 4.39 Å². The second kappa shape index (κ2) is 8.89. The van der Waals surface area contributed by atoms with Gasteiger partial charge in [-0.1, -0.05) is 13.0 Å². The van der Waals surface area contributed by atoms with Crippen LogP contribution in [0.5, 0.6) is 5.75 Å². The molecular formula is C14H23FN2O. The zero-order valence-corrected chi connectivity index (χ0v) is 11.3. The molecule has 2 N–H and O–H groups in total. The monoisotopic (exact) mass is 254 g/mol. The summed E-state index contributed by atoms with van der Waals surface area (Å²) in [5.41, 5.74) is 0.993. The molecule has 1 aromatic rings. The van der Waals surface area contributed by atoms with Crippen LogP contribution in [0.15, 0.2) is 18.2 Å². The molecule has 0 atom stereocenters. The minimum absolute atomic E-state index is 0.276. The van der Waals surface area contributed by atoms with E-state index in [2.05, 4.69) is 17.6 Å². The summed E-state index contributed by atoms with van der Waals surface area (Å²) in [7, 11) is 0. The van der Waals surface area contributed by atoms with Crippen molar-refractivity contribution in [3.63, 3.8) is 0 Å². The third-order valence-corrected chi connectivity index (χ3v) is 2.62. The summed E-state index contributed by atoms with van der Waals surface area (Å²) in [5, 5.41) is 6.55. The number of hydrogen-bond donors (Lipinski definition) is 2. The van der Waals surface area contributed by atoms with Crippen LogP contribution in [-0.2, 0) is 6.42 Å². The van der Waals surface area contributed by atoms with E-state index in [1.54, 1.807) is 12.1 Å².